The van der Waals surface area contributed by atoms with Crippen molar-refractivity contribution < 1.29 is 19.7 Å². The van der Waals surface area contributed by atoms with Crippen molar-refractivity contribution in [2.45, 2.75) is 6.92 Å². The average molecular weight is 292 g/mol. The molecule has 0 aliphatic carbocycles. The number of carboxylic acids is 1. The number of aromatic carboxylic acids is 1. The lowest BCUT2D eigenvalue weighted by molar-refractivity contribution is -0.385. The van der Waals surface area contributed by atoms with Crippen LogP contribution >= 0.6 is 0 Å². The predicted octanol–water partition coefficient (Wildman–Crippen LogP) is 1.70. The SMILES string of the molecule is Cc1ccc(-n2cc([N+](=O)[O-])c(C(=O)O)n2)cc1[N+](=O)[O-]. The van der Waals surface area contributed by atoms with E-state index in [0.717, 1.165) is 16.9 Å². The third-order valence-electron chi connectivity index (χ3n) is 2.75. The summed E-state index contributed by atoms with van der Waals surface area (Å²) in [5, 5.41) is 34.1. The predicted molar refractivity (Wildman–Crippen MR) is 68.6 cm³/mol. The molecule has 0 aliphatic heterocycles. The number of rotatable bonds is 4. The van der Waals surface area contributed by atoms with Crippen LogP contribution in [0.4, 0.5) is 11.4 Å². The maximum Gasteiger partial charge on any atom is 0.363 e. The van der Waals surface area contributed by atoms with E-state index in [0.29, 0.717) is 5.56 Å². The van der Waals surface area contributed by atoms with Gasteiger partial charge in [0.05, 0.1) is 15.5 Å². The highest BCUT2D eigenvalue weighted by molar-refractivity contribution is 5.90. The lowest BCUT2D eigenvalue weighted by Gasteiger charge is -2.02. The first-order valence-corrected chi connectivity index (χ1v) is 5.54. The minimum Gasteiger partial charge on any atom is -0.476 e. The van der Waals surface area contributed by atoms with Gasteiger partial charge in [-0.15, -0.1) is 0 Å². The van der Waals surface area contributed by atoms with E-state index < -0.39 is 27.2 Å². The third kappa shape index (κ3) is 2.54. The molecule has 1 N–H and O–H groups in total. The molecule has 2 aromatic rings. The van der Waals surface area contributed by atoms with Crippen molar-refractivity contribution in [3.05, 3.63) is 55.9 Å². The number of carbonyl (C=O) groups is 1. The molecule has 108 valence electrons. The Morgan fingerprint density at radius 2 is 1.86 bits per heavy atom. The Hall–Kier alpha value is -3.30. The number of benzene rings is 1. The van der Waals surface area contributed by atoms with Crippen molar-refractivity contribution in [3.63, 3.8) is 0 Å². The second-order valence-electron chi connectivity index (χ2n) is 4.10. The Morgan fingerprint density at radius 1 is 1.24 bits per heavy atom. The van der Waals surface area contributed by atoms with Crippen LogP contribution < -0.4 is 0 Å². The Balaban J connectivity index is 2.60. The summed E-state index contributed by atoms with van der Waals surface area (Å²) in [6.07, 6.45) is 0.901. The van der Waals surface area contributed by atoms with Crippen LogP contribution in [0.5, 0.6) is 0 Å². The summed E-state index contributed by atoms with van der Waals surface area (Å²) in [7, 11) is 0. The minimum atomic E-state index is -1.55. The Kier molecular flexibility index (Phi) is 3.36. The third-order valence-corrected chi connectivity index (χ3v) is 2.75. The van der Waals surface area contributed by atoms with Crippen LogP contribution in [0.15, 0.2) is 24.4 Å². The minimum absolute atomic E-state index is 0.155. The average Bonchev–Trinajstić information content (AvgIpc) is 2.84. The summed E-state index contributed by atoms with van der Waals surface area (Å²) in [6, 6.07) is 4.06. The van der Waals surface area contributed by atoms with Gasteiger partial charge in [0.25, 0.3) is 5.69 Å². The number of aryl methyl sites for hydroxylation is 1. The lowest BCUT2D eigenvalue weighted by atomic mass is 10.2. The molecule has 0 saturated carbocycles. The fourth-order valence-corrected chi connectivity index (χ4v) is 1.72. The van der Waals surface area contributed by atoms with E-state index >= 15 is 0 Å². The Morgan fingerprint density at radius 3 is 2.33 bits per heavy atom. The summed E-state index contributed by atoms with van der Waals surface area (Å²) in [6.45, 7) is 1.54. The highest BCUT2D eigenvalue weighted by Gasteiger charge is 2.26. The number of carboxylic acid groups (broad SMARTS) is 1. The van der Waals surface area contributed by atoms with E-state index in [4.69, 9.17) is 5.11 Å². The number of nitro groups is 2. The van der Waals surface area contributed by atoms with E-state index in [2.05, 4.69) is 5.10 Å². The van der Waals surface area contributed by atoms with Crippen molar-refractivity contribution in [1.82, 2.24) is 9.78 Å². The molecule has 2 rings (SSSR count). The quantitative estimate of drug-likeness (QED) is 0.667. The van der Waals surface area contributed by atoms with Crippen molar-refractivity contribution in [2.24, 2.45) is 0 Å². The molecular formula is C11H8N4O6. The van der Waals surface area contributed by atoms with Crippen LogP contribution in [0.25, 0.3) is 5.69 Å². The number of aromatic nitrogens is 2. The summed E-state index contributed by atoms with van der Waals surface area (Å²) >= 11 is 0. The Bertz CT molecular complexity index is 735. The zero-order chi connectivity index (χ0) is 15.7. The van der Waals surface area contributed by atoms with Gasteiger partial charge in [0.2, 0.25) is 5.69 Å². The number of nitro benzene ring substituents is 1. The number of nitrogens with zero attached hydrogens (tertiary/aromatic N) is 4. The second kappa shape index (κ2) is 5.00. The van der Waals surface area contributed by atoms with Gasteiger partial charge in [0, 0.05) is 11.6 Å². The molecule has 21 heavy (non-hydrogen) atoms. The maximum atomic E-state index is 10.9. The molecule has 1 aromatic carbocycles. The van der Waals surface area contributed by atoms with Crippen LogP contribution in [-0.4, -0.2) is 30.7 Å². The molecule has 0 aliphatic rings. The van der Waals surface area contributed by atoms with Gasteiger partial charge in [-0.05, 0) is 13.0 Å². The molecule has 0 unspecified atom stereocenters. The number of hydrogen-bond donors (Lipinski definition) is 1. The van der Waals surface area contributed by atoms with Gasteiger partial charge in [-0.3, -0.25) is 20.2 Å². The van der Waals surface area contributed by atoms with Gasteiger partial charge in [0.15, 0.2) is 0 Å². The molecule has 0 saturated heterocycles. The topological polar surface area (TPSA) is 141 Å². The fourth-order valence-electron chi connectivity index (χ4n) is 1.72. The van der Waals surface area contributed by atoms with E-state index in [1.54, 1.807) is 0 Å². The first-order chi connectivity index (χ1) is 9.81. The molecule has 0 radical (unpaired) electrons. The maximum absolute atomic E-state index is 10.9. The fraction of sp³-hybridized carbons (Fsp3) is 0.0909. The first kappa shape index (κ1) is 14.1. The Labute approximate surface area is 116 Å². The van der Waals surface area contributed by atoms with Gasteiger partial charge in [-0.25, -0.2) is 9.48 Å². The van der Waals surface area contributed by atoms with Gasteiger partial charge < -0.3 is 5.11 Å². The highest BCUT2D eigenvalue weighted by Crippen LogP contribution is 2.24. The zero-order valence-corrected chi connectivity index (χ0v) is 10.6. The second-order valence-corrected chi connectivity index (χ2v) is 4.10. The smallest absolute Gasteiger partial charge is 0.363 e. The normalized spacial score (nSPS) is 10.3. The lowest BCUT2D eigenvalue weighted by Crippen LogP contribution is -2.03. The van der Waals surface area contributed by atoms with Crippen molar-refractivity contribution in [1.29, 1.82) is 0 Å². The van der Waals surface area contributed by atoms with Crippen LogP contribution in [0.2, 0.25) is 0 Å². The summed E-state index contributed by atoms with van der Waals surface area (Å²) in [5.74, 6) is -1.55. The molecule has 0 atom stereocenters. The van der Waals surface area contributed by atoms with Crippen LogP contribution in [0, 0.1) is 27.2 Å². The van der Waals surface area contributed by atoms with Crippen molar-refractivity contribution >= 4 is 17.3 Å². The summed E-state index contributed by atoms with van der Waals surface area (Å²) in [4.78, 5) is 31.1. The zero-order valence-electron chi connectivity index (χ0n) is 10.6. The van der Waals surface area contributed by atoms with Crippen LogP contribution in [0.1, 0.15) is 16.1 Å². The van der Waals surface area contributed by atoms with E-state index in [-0.39, 0.29) is 11.4 Å². The molecule has 0 amide bonds. The van der Waals surface area contributed by atoms with Gasteiger partial charge in [-0.2, -0.15) is 5.10 Å². The van der Waals surface area contributed by atoms with Crippen molar-refractivity contribution in [3.8, 4) is 5.69 Å². The standard InChI is InChI=1S/C11H8N4O6/c1-6-2-3-7(4-8(6)14(18)19)13-5-9(15(20)21)10(12-13)11(16)17/h2-5H,1H3,(H,16,17). The molecule has 10 nitrogen and oxygen atoms in total. The van der Waals surface area contributed by atoms with Crippen molar-refractivity contribution in [2.75, 3.05) is 0 Å². The van der Waals surface area contributed by atoms with E-state index in [9.17, 15) is 25.0 Å². The van der Waals surface area contributed by atoms with E-state index in [1.165, 1.54) is 19.1 Å². The molecule has 0 spiro atoms. The first-order valence-electron chi connectivity index (χ1n) is 5.54. The molecule has 0 bridgehead atoms. The monoisotopic (exact) mass is 292 g/mol. The van der Waals surface area contributed by atoms with Crippen LogP contribution in [-0.2, 0) is 0 Å². The molecule has 0 fully saturated rings. The summed E-state index contributed by atoms with van der Waals surface area (Å²) < 4.78 is 0.925. The van der Waals surface area contributed by atoms with E-state index in [1.807, 2.05) is 0 Å². The largest absolute Gasteiger partial charge is 0.476 e. The number of hydrogen-bond acceptors (Lipinski definition) is 6. The highest BCUT2D eigenvalue weighted by atomic mass is 16.6. The van der Waals surface area contributed by atoms with Crippen LogP contribution in [0.3, 0.4) is 0 Å². The molecular weight excluding hydrogens is 284 g/mol. The van der Waals surface area contributed by atoms with Gasteiger partial charge >= 0.3 is 11.7 Å². The molecule has 1 aromatic heterocycles. The van der Waals surface area contributed by atoms with Gasteiger partial charge in [0.1, 0.15) is 6.20 Å². The molecule has 1 heterocycles. The van der Waals surface area contributed by atoms with Gasteiger partial charge in [-0.1, -0.05) is 6.07 Å². The molecule has 10 heteroatoms. The summed E-state index contributed by atoms with van der Waals surface area (Å²) in [5.41, 5.74) is -1.05.